The Labute approximate surface area is 132 Å². The van der Waals surface area contributed by atoms with Gasteiger partial charge in [0.25, 0.3) is 0 Å². The minimum Gasteiger partial charge on any atom is -0.338 e. The van der Waals surface area contributed by atoms with Crippen molar-refractivity contribution >= 4 is 45.6 Å². The Kier molecular flexibility index (Phi) is 3.95. The van der Waals surface area contributed by atoms with E-state index in [9.17, 15) is 0 Å². The molecular weight excluding hydrogens is 305 g/mol. The Bertz CT molecular complexity index is 803. The summed E-state index contributed by atoms with van der Waals surface area (Å²) in [4.78, 5) is 8.61. The molecule has 0 radical (unpaired) electrons. The molecule has 0 aliphatic rings. The third kappa shape index (κ3) is 2.94. The van der Waals surface area contributed by atoms with Gasteiger partial charge in [-0.3, -0.25) is 0 Å². The highest BCUT2D eigenvalue weighted by atomic mass is 35.5. The molecular formula is C16H13Cl2N3. The average molecular weight is 318 g/mol. The van der Waals surface area contributed by atoms with E-state index in [1.165, 1.54) is 11.9 Å². The largest absolute Gasteiger partial charge is 0.338 e. The normalized spacial score (nSPS) is 10.8. The van der Waals surface area contributed by atoms with E-state index in [4.69, 9.17) is 23.2 Å². The van der Waals surface area contributed by atoms with E-state index < -0.39 is 0 Å². The lowest BCUT2D eigenvalue weighted by Crippen LogP contribution is -1.97. The number of nitrogens with one attached hydrogen (secondary N) is 1. The maximum absolute atomic E-state index is 6.19. The van der Waals surface area contributed by atoms with Crippen molar-refractivity contribution in [1.82, 2.24) is 9.97 Å². The highest BCUT2D eigenvalue weighted by Crippen LogP contribution is 2.30. The number of hydrogen-bond acceptors (Lipinski definition) is 3. The summed E-state index contributed by atoms with van der Waals surface area (Å²) >= 11 is 12.2. The summed E-state index contributed by atoms with van der Waals surface area (Å²) in [5.41, 5.74) is 2.85. The van der Waals surface area contributed by atoms with Crippen molar-refractivity contribution in [2.45, 2.75) is 13.3 Å². The van der Waals surface area contributed by atoms with Gasteiger partial charge >= 0.3 is 0 Å². The van der Waals surface area contributed by atoms with Crippen LogP contribution in [0.3, 0.4) is 0 Å². The van der Waals surface area contributed by atoms with Crippen LogP contribution in [0.4, 0.5) is 11.5 Å². The number of fused-ring (bicyclic) bond motifs is 1. The van der Waals surface area contributed by atoms with E-state index >= 15 is 0 Å². The van der Waals surface area contributed by atoms with Crippen molar-refractivity contribution in [3.8, 4) is 0 Å². The number of aromatic nitrogens is 2. The number of rotatable bonds is 3. The molecule has 5 heteroatoms. The second-order valence-corrected chi connectivity index (χ2v) is 5.52. The number of halogens is 2. The molecule has 0 bridgehead atoms. The van der Waals surface area contributed by atoms with Crippen molar-refractivity contribution in [3.05, 3.63) is 58.3 Å². The predicted octanol–water partition coefficient (Wildman–Crippen LogP) is 5.24. The van der Waals surface area contributed by atoms with Crippen LogP contribution < -0.4 is 5.32 Å². The third-order valence-electron chi connectivity index (χ3n) is 3.29. The van der Waals surface area contributed by atoms with Crippen LogP contribution in [0, 0.1) is 0 Å². The Hall–Kier alpha value is -1.84. The van der Waals surface area contributed by atoms with Gasteiger partial charge in [0.2, 0.25) is 0 Å². The van der Waals surface area contributed by atoms with E-state index in [0.29, 0.717) is 10.0 Å². The molecule has 0 amide bonds. The van der Waals surface area contributed by atoms with Crippen LogP contribution in [0.1, 0.15) is 12.5 Å². The standard InChI is InChI=1S/C16H13Cl2N3/c1-2-10-3-6-14-12(7-10)16(20-9-19-14)21-15-8-11(17)4-5-13(15)18/h3-9H,2H2,1H3,(H,19,20,21). The summed E-state index contributed by atoms with van der Waals surface area (Å²) in [5, 5.41) is 5.42. The van der Waals surface area contributed by atoms with Crippen LogP contribution in [0.15, 0.2) is 42.7 Å². The van der Waals surface area contributed by atoms with Gasteiger partial charge in [-0.15, -0.1) is 0 Å². The molecule has 1 heterocycles. The summed E-state index contributed by atoms with van der Waals surface area (Å²) in [5.74, 6) is 0.722. The van der Waals surface area contributed by atoms with Gasteiger partial charge in [0.15, 0.2) is 0 Å². The maximum atomic E-state index is 6.19. The molecule has 21 heavy (non-hydrogen) atoms. The Morgan fingerprint density at radius 3 is 2.71 bits per heavy atom. The molecule has 2 aromatic carbocycles. The predicted molar refractivity (Wildman–Crippen MR) is 88.7 cm³/mol. The van der Waals surface area contributed by atoms with Crippen molar-refractivity contribution in [1.29, 1.82) is 0 Å². The van der Waals surface area contributed by atoms with E-state index in [0.717, 1.165) is 28.8 Å². The van der Waals surface area contributed by atoms with Gasteiger partial charge < -0.3 is 5.32 Å². The van der Waals surface area contributed by atoms with Crippen molar-refractivity contribution < 1.29 is 0 Å². The first-order chi connectivity index (χ1) is 10.2. The van der Waals surface area contributed by atoms with Gasteiger partial charge in [-0.2, -0.15) is 0 Å². The number of benzene rings is 2. The first kappa shape index (κ1) is 14.1. The van der Waals surface area contributed by atoms with Gasteiger partial charge in [-0.1, -0.05) is 36.2 Å². The fourth-order valence-corrected chi connectivity index (χ4v) is 2.48. The molecule has 1 aromatic heterocycles. The second-order valence-electron chi connectivity index (χ2n) is 4.68. The highest BCUT2D eigenvalue weighted by molar-refractivity contribution is 6.35. The molecule has 0 spiro atoms. The lowest BCUT2D eigenvalue weighted by atomic mass is 10.1. The van der Waals surface area contributed by atoms with E-state index in [1.54, 1.807) is 18.2 Å². The highest BCUT2D eigenvalue weighted by Gasteiger charge is 2.07. The summed E-state index contributed by atoms with van der Waals surface area (Å²) < 4.78 is 0. The van der Waals surface area contributed by atoms with Crippen molar-refractivity contribution in [2.24, 2.45) is 0 Å². The number of nitrogens with zero attached hydrogens (tertiary/aromatic N) is 2. The minimum atomic E-state index is 0.595. The Morgan fingerprint density at radius 2 is 1.90 bits per heavy atom. The van der Waals surface area contributed by atoms with Gasteiger partial charge in [0.05, 0.1) is 16.2 Å². The zero-order valence-electron chi connectivity index (χ0n) is 11.4. The molecule has 0 aliphatic heterocycles. The SMILES string of the molecule is CCc1ccc2ncnc(Nc3cc(Cl)ccc3Cl)c2c1. The maximum Gasteiger partial charge on any atom is 0.141 e. The zero-order chi connectivity index (χ0) is 14.8. The second kappa shape index (κ2) is 5.88. The summed E-state index contributed by atoms with van der Waals surface area (Å²) in [7, 11) is 0. The molecule has 0 aliphatic carbocycles. The lowest BCUT2D eigenvalue weighted by Gasteiger charge is -2.11. The van der Waals surface area contributed by atoms with Crippen molar-refractivity contribution in [3.63, 3.8) is 0 Å². The quantitative estimate of drug-likeness (QED) is 0.717. The van der Waals surface area contributed by atoms with Gasteiger partial charge in [-0.25, -0.2) is 9.97 Å². The van der Waals surface area contributed by atoms with Crippen LogP contribution in [-0.4, -0.2) is 9.97 Å². The fourth-order valence-electron chi connectivity index (χ4n) is 2.14. The van der Waals surface area contributed by atoms with Crippen LogP contribution >= 0.6 is 23.2 Å². The summed E-state index contributed by atoms with van der Waals surface area (Å²) in [6.07, 6.45) is 2.50. The lowest BCUT2D eigenvalue weighted by molar-refractivity contribution is 1.14. The Morgan fingerprint density at radius 1 is 1.05 bits per heavy atom. The first-order valence-corrected chi connectivity index (χ1v) is 7.38. The summed E-state index contributed by atoms with van der Waals surface area (Å²) in [6, 6.07) is 11.5. The number of hydrogen-bond donors (Lipinski definition) is 1. The molecule has 0 fully saturated rings. The molecule has 0 atom stereocenters. The van der Waals surface area contributed by atoms with Gasteiger partial charge in [-0.05, 0) is 42.3 Å². The van der Waals surface area contributed by atoms with E-state index in [2.05, 4.69) is 34.3 Å². The molecule has 0 saturated heterocycles. The van der Waals surface area contributed by atoms with Gasteiger partial charge in [0.1, 0.15) is 12.1 Å². The monoisotopic (exact) mass is 317 g/mol. The number of anilines is 2. The smallest absolute Gasteiger partial charge is 0.141 e. The molecule has 3 aromatic rings. The van der Waals surface area contributed by atoms with Crippen molar-refractivity contribution in [2.75, 3.05) is 5.32 Å². The minimum absolute atomic E-state index is 0.595. The Balaban J connectivity index is 2.09. The molecule has 0 saturated carbocycles. The molecule has 1 N–H and O–H groups in total. The molecule has 3 nitrogen and oxygen atoms in total. The fraction of sp³-hybridized carbons (Fsp3) is 0.125. The van der Waals surface area contributed by atoms with Crippen LogP contribution in [0.25, 0.3) is 10.9 Å². The van der Waals surface area contributed by atoms with Crippen LogP contribution in [-0.2, 0) is 6.42 Å². The van der Waals surface area contributed by atoms with Gasteiger partial charge in [0, 0.05) is 10.4 Å². The average Bonchev–Trinajstić information content (AvgIpc) is 2.51. The van der Waals surface area contributed by atoms with E-state index in [1.807, 2.05) is 6.07 Å². The zero-order valence-corrected chi connectivity index (χ0v) is 12.9. The molecule has 0 unspecified atom stereocenters. The van der Waals surface area contributed by atoms with Crippen LogP contribution in [0.2, 0.25) is 10.0 Å². The van der Waals surface area contributed by atoms with E-state index in [-0.39, 0.29) is 0 Å². The summed E-state index contributed by atoms with van der Waals surface area (Å²) in [6.45, 7) is 2.12. The first-order valence-electron chi connectivity index (χ1n) is 6.63. The topological polar surface area (TPSA) is 37.8 Å². The number of aryl methyl sites for hydroxylation is 1. The molecule has 3 rings (SSSR count). The molecule has 106 valence electrons. The third-order valence-corrected chi connectivity index (χ3v) is 3.85. The van der Waals surface area contributed by atoms with Crippen LogP contribution in [0.5, 0.6) is 0 Å².